The third kappa shape index (κ3) is 2.52. The molecular formula is C13H12ClN5O3. The molecule has 0 aliphatic carbocycles. The molecule has 9 heteroatoms. The highest BCUT2D eigenvalue weighted by Crippen LogP contribution is 2.35. The molecule has 22 heavy (non-hydrogen) atoms. The van der Waals surface area contributed by atoms with Crippen LogP contribution in [0.1, 0.15) is 6.42 Å². The van der Waals surface area contributed by atoms with E-state index in [0.29, 0.717) is 22.1 Å². The fourth-order valence-corrected chi connectivity index (χ4v) is 2.62. The maximum atomic E-state index is 12.2. The van der Waals surface area contributed by atoms with Gasteiger partial charge in [-0.05, 0) is 23.4 Å². The maximum Gasteiger partial charge on any atom is 0.311 e. The number of methoxy groups -OCH3 is 1. The van der Waals surface area contributed by atoms with Gasteiger partial charge in [0.2, 0.25) is 11.7 Å². The molecule has 1 aliphatic heterocycles. The summed E-state index contributed by atoms with van der Waals surface area (Å²) in [6, 6.07) is 5.03. The van der Waals surface area contributed by atoms with E-state index in [2.05, 4.69) is 20.6 Å². The van der Waals surface area contributed by atoms with Crippen molar-refractivity contribution in [1.82, 2.24) is 20.6 Å². The monoisotopic (exact) mass is 321 g/mol. The molecule has 3 rings (SSSR count). The van der Waals surface area contributed by atoms with Crippen LogP contribution in [0.15, 0.2) is 18.2 Å². The zero-order chi connectivity index (χ0) is 15.7. The number of aromatic amines is 1. The zero-order valence-electron chi connectivity index (χ0n) is 11.6. The van der Waals surface area contributed by atoms with E-state index in [9.17, 15) is 9.59 Å². The SMILES string of the molecule is COC(=O)C1CC(=O)N(c2cc(Cl)ccc2-c2nn[nH]n2)C1. The molecule has 1 fully saturated rings. The molecule has 114 valence electrons. The second-order valence-electron chi connectivity index (χ2n) is 4.83. The molecule has 1 aromatic carbocycles. The molecule has 0 spiro atoms. The average molecular weight is 322 g/mol. The fraction of sp³-hybridized carbons (Fsp3) is 0.308. The lowest BCUT2D eigenvalue weighted by molar-refractivity contribution is -0.145. The summed E-state index contributed by atoms with van der Waals surface area (Å²) < 4.78 is 4.71. The smallest absolute Gasteiger partial charge is 0.311 e. The lowest BCUT2D eigenvalue weighted by Crippen LogP contribution is -2.26. The first-order chi connectivity index (χ1) is 10.6. The number of nitrogens with zero attached hydrogens (tertiary/aromatic N) is 4. The van der Waals surface area contributed by atoms with Crippen LogP contribution in [0, 0.1) is 5.92 Å². The minimum Gasteiger partial charge on any atom is -0.469 e. The normalized spacial score (nSPS) is 17.8. The quantitative estimate of drug-likeness (QED) is 0.848. The summed E-state index contributed by atoms with van der Waals surface area (Å²) in [5.41, 5.74) is 1.15. The Morgan fingerprint density at radius 2 is 2.32 bits per heavy atom. The lowest BCUT2D eigenvalue weighted by Gasteiger charge is -2.19. The molecule has 0 bridgehead atoms. The van der Waals surface area contributed by atoms with Gasteiger partial charge in [0.05, 0.1) is 18.7 Å². The standard InChI is InChI=1S/C13H12ClN5O3/c1-22-13(21)7-4-11(20)19(6-7)10-5-8(14)2-3-9(10)12-15-17-18-16-12/h2-3,5,7H,4,6H2,1H3,(H,15,16,17,18). The van der Waals surface area contributed by atoms with E-state index in [1.54, 1.807) is 18.2 Å². The van der Waals surface area contributed by atoms with Crippen molar-refractivity contribution in [2.75, 3.05) is 18.6 Å². The number of hydrogen-bond acceptors (Lipinski definition) is 6. The van der Waals surface area contributed by atoms with E-state index in [1.165, 1.54) is 12.0 Å². The molecule has 1 aromatic heterocycles. The highest BCUT2D eigenvalue weighted by Gasteiger charge is 2.37. The predicted molar refractivity (Wildman–Crippen MR) is 77.1 cm³/mol. The van der Waals surface area contributed by atoms with Crippen molar-refractivity contribution in [3.05, 3.63) is 23.2 Å². The topological polar surface area (TPSA) is 101 Å². The summed E-state index contributed by atoms with van der Waals surface area (Å²) in [5.74, 6) is -0.725. The summed E-state index contributed by atoms with van der Waals surface area (Å²) in [6.45, 7) is 0.233. The highest BCUT2D eigenvalue weighted by molar-refractivity contribution is 6.31. The van der Waals surface area contributed by atoms with Crippen LogP contribution < -0.4 is 4.90 Å². The number of carbonyl (C=O) groups excluding carboxylic acids is 2. The summed E-state index contributed by atoms with van der Waals surface area (Å²) in [7, 11) is 1.31. The molecule has 0 radical (unpaired) electrons. The number of H-pyrrole nitrogens is 1. The number of hydrogen-bond donors (Lipinski definition) is 1. The molecule has 0 saturated carbocycles. The van der Waals surface area contributed by atoms with Crippen molar-refractivity contribution in [3.8, 4) is 11.4 Å². The van der Waals surface area contributed by atoms with Gasteiger partial charge in [0.1, 0.15) is 0 Å². The summed E-state index contributed by atoms with van der Waals surface area (Å²) in [6.07, 6.45) is 0.102. The Morgan fingerprint density at radius 1 is 1.50 bits per heavy atom. The second kappa shape index (κ2) is 5.72. The van der Waals surface area contributed by atoms with Gasteiger partial charge >= 0.3 is 5.97 Å². The third-order valence-electron chi connectivity index (χ3n) is 3.50. The average Bonchev–Trinajstić information content (AvgIpc) is 3.16. The Balaban J connectivity index is 1.99. The third-order valence-corrected chi connectivity index (χ3v) is 3.73. The second-order valence-corrected chi connectivity index (χ2v) is 5.26. The summed E-state index contributed by atoms with van der Waals surface area (Å²) in [4.78, 5) is 25.4. The number of esters is 1. The van der Waals surface area contributed by atoms with E-state index >= 15 is 0 Å². The van der Waals surface area contributed by atoms with E-state index in [1.807, 2.05) is 0 Å². The molecule has 1 amide bonds. The molecule has 1 unspecified atom stereocenters. The maximum absolute atomic E-state index is 12.2. The number of nitrogens with one attached hydrogen (secondary N) is 1. The van der Waals surface area contributed by atoms with E-state index in [4.69, 9.17) is 16.3 Å². The highest BCUT2D eigenvalue weighted by atomic mass is 35.5. The summed E-state index contributed by atoms with van der Waals surface area (Å²) >= 11 is 6.04. The van der Waals surface area contributed by atoms with E-state index in [-0.39, 0.29) is 18.9 Å². The Bertz CT molecular complexity index is 718. The van der Waals surface area contributed by atoms with Gasteiger partial charge in [-0.25, -0.2) is 0 Å². The Labute approximate surface area is 130 Å². The molecule has 1 atom stereocenters. The van der Waals surface area contributed by atoms with Crippen LogP contribution >= 0.6 is 11.6 Å². The van der Waals surface area contributed by atoms with Gasteiger partial charge in [-0.3, -0.25) is 9.59 Å². The van der Waals surface area contributed by atoms with Crippen LogP contribution in [-0.4, -0.2) is 46.2 Å². The molecule has 2 aromatic rings. The first-order valence-electron chi connectivity index (χ1n) is 6.51. The van der Waals surface area contributed by atoms with Crippen LogP contribution in [0.5, 0.6) is 0 Å². The number of tetrazole rings is 1. The van der Waals surface area contributed by atoms with Crippen LogP contribution in [-0.2, 0) is 14.3 Å². The van der Waals surface area contributed by atoms with Crippen molar-refractivity contribution in [1.29, 1.82) is 0 Å². The first kappa shape index (κ1) is 14.5. The van der Waals surface area contributed by atoms with Crippen LogP contribution in [0.3, 0.4) is 0 Å². The largest absolute Gasteiger partial charge is 0.469 e. The lowest BCUT2D eigenvalue weighted by atomic mass is 10.1. The number of ether oxygens (including phenoxy) is 1. The van der Waals surface area contributed by atoms with Crippen LogP contribution in [0.4, 0.5) is 5.69 Å². The number of amides is 1. The molecule has 8 nitrogen and oxygen atoms in total. The van der Waals surface area contributed by atoms with Gasteiger partial charge in [-0.2, -0.15) is 5.21 Å². The first-order valence-corrected chi connectivity index (χ1v) is 6.89. The van der Waals surface area contributed by atoms with Gasteiger partial charge in [0, 0.05) is 23.6 Å². The van der Waals surface area contributed by atoms with Crippen LogP contribution in [0.2, 0.25) is 5.02 Å². The number of carbonyl (C=O) groups is 2. The Kier molecular flexibility index (Phi) is 3.76. The number of anilines is 1. The van der Waals surface area contributed by atoms with Gasteiger partial charge in [0.25, 0.3) is 0 Å². The Hall–Kier alpha value is -2.48. The van der Waals surface area contributed by atoms with Crippen molar-refractivity contribution in [2.45, 2.75) is 6.42 Å². The van der Waals surface area contributed by atoms with Crippen molar-refractivity contribution in [2.24, 2.45) is 5.92 Å². The van der Waals surface area contributed by atoms with E-state index < -0.39 is 11.9 Å². The van der Waals surface area contributed by atoms with Gasteiger partial charge < -0.3 is 9.64 Å². The fourth-order valence-electron chi connectivity index (χ4n) is 2.46. The predicted octanol–water partition coefficient (Wildman–Crippen LogP) is 1.05. The van der Waals surface area contributed by atoms with Crippen molar-refractivity contribution < 1.29 is 14.3 Å². The zero-order valence-corrected chi connectivity index (χ0v) is 12.4. The Morgan fingerprint density at radius 3 is 3.00 bits per heavy atom. The van der Waals surface area contributed by atoms with Gasteiger partial charge in [-0.15, -0.1) is 10.2 Å². The molecule has 1 saturated heterocycles. The number of halogens is 1. The number of aromatic nitrogens is 4. The van der Waals surface area contributed by atoms with Gasteiger partial charge in [0.15, 0.2) is 0 Å². The molecule has 2 heterocycles. The minimum absolute atomic E-state index is 0.102. The molecular weight excluding hydrogens is 310 g/mol. The molecule has 1 aliphatic rings. The molecule has 1 N–H and O–H groups in total. The number of rotatable bonds is 3. The van der Waals surface area contributed by atoms with E-state index in [0.717, 1.165) is 0 Å². The van der Waals surface area contributed by atoms with Gasteiger partial charge in [-0.1, -0.05) is 11.6 Å². The van der Waals surface area contributed by atoms with Crippen molar-refractivity contribution in [3.63, 3.8) is 0 Å². The minimum atomic E-state index is -0.491. The van der Waals surface area contributed by atoms with Crippen molar-refractivity contribution >= 4 is 29.2 Å². The summed E-state index contributed by atoms with van der Waals surface area (Å²) in [5, 5.41) is 14.2. The number of benzene rings is 1. The van der Waals surface area contributed by atoms with Crippen LogP contribution in [0.25, 0.3) is 11.4 Å².